The lowest BCUT2D eigenvalue weighted by atomic mass is 10.0. The van der Waals surface area contributed by atoms with Crippen LogP contribution in [0.3, 0.4) is 0 Å². The van der Waals surface area contributed by atoms with E-state index >= 15 is 0 Å². The summed E-state index contributed by atoms with van der Waals surface area (Å²) in [5, 5.41) is 3.65. The first-order chi connectivity index (χ1) is 10.4. The molecule has 110 valence electrons. The summed E-state index contributed by atoms with van der Waals surface area (Å²) >= 11 is 0. The van der Waals surface area contributed by atoms with Gasteiger partial charge in [0.15, 0.2) is 0 Å². The molecule has 21 heavy (non-hydrogen) atoms. The molecule has 0 bridgehead atoms. The van der Waals surface area contributed by atoms with Gasteiger partial charge in [-0.3, -0.25) is 14.9 Å². The van der Waals surface area contributed by atoms with Gasteiger partial charge >= 0.3 is 0 Å². The van der Waals surface area contributed by atoms with E-state index in [1.807, 2.05) is 30.9 Å². The maximum absolute atomic E-state index is 4.15. The van der Waals surface area contributed by atoms with Crippen molar-refractivity contribution in [2.45, 2.75) is 32.0 Å². The highest BCUT2D eigenvalue weighted by molar-refractivity contribution is 5.10. The summed E-state index contributed by atoms with van der Waals surface area (Å²) in [6.07, 6.45) is 9.93. The smallest absolute Gasteiger partial charge is 0.0312 e. The first kappa shape index (κ1) is 14.2. The summed E-state index contributed by atoms with van der Waals surface area (Å²) in [6, 6.07) is 8.95. The van der Waals surface area contributed by atoms with Crippen LogP contribution in [0.5, 0.6) is 0 Å². The van der Waals surface area contributed by atoms with E-state index in [9.17, 15) is 0 Å². The van der Waals surface area contributed by atoms with Crippen LogP contribution in [-0.4, -0.2) is 34.0 Å². The Kier molecular flexibility index (Phi) is 4.92. The van der Waals surface area contributed by atoms with Gasteiger partial charge in [-0.2, -0.15) is 0 Å². The van der Waals surface area contributed by atoms with Crippen molar-refractivity contribution < 1.29 is 0 Å². The normalized spacial score (nSPS) is 17.0. The number of pyridine rings is 2. The third kappa shape index (κ3) is 4.34. The second kappa shape index (κ2) is 7.29. The van der Waals surface area contributed by atoms with E-state index in [0.29, 0.717) is 6.04 Å². The Morgan fingerprint density at radius 1 is 1.00 bits per heavy atom. The predicted molar refractivity (Wildman–Crippen MR) is 83.6 cm³/mol. The van der Waals surface area contributed by atoms with Gasteiger partial charge < -0.3 is 5.32 Å². The fourth-order valence-corrected chi connectivity index (χ4v) is 2.81. The molecule has 0 saturated carbocycles. The Bertz CT molecular complexity index is 521. The first-order valence-electron chi connectivity index (χ1n) is 7.64. The van der Waals surface area contributed by atoms with Crippen molar-refractivity contribution in [2.75, 3.05) is 13.1 Å². The molecule has 3 rings (SSSR count). The number of likely N-dealkylation sites (tertiary alicyclic amines) is 1. The van der Waals surface area contributed by atoms with E-state index in [0.717, 1.165) is 26.2 Å². The quantitative estimate of drug-likeness (QED) is 0.913. The predicted octanol–water partition coefficient (Wildman–Crippen LogP) is 2.23. The highest BCUT2D eigenvalue weighted by atomic mass is 15.1. The molecule has 2 aromatic rings. The van der Waals surface area contributed by atoms with Gasteiger partial charge in [0.05, 0.1) is 0 Å². The van der Waals surface area contributed by atoms with Crippen LogP contribution in [0.2, 0.25) is 0 Å². The average molecular weight is 282 g/mol. The Hall–Kier alpha value is -1.78. The molecule has 3 heterocycles. The van der Waals surface area contributed by atoms with E-state index in [1.54, 1.807) is 0 Å². The Balaban J connectivity index is 1.41. The molecule has 1 fully saturated rings. The molecule has 4 nitrogen and oxygen atoms in total. The Morgan fingerprint density at radius 2 is 1.81 bits per heavy atom. The van der Waals surface area contributed by atoms with E-state index < -0.39 is 0 Å². The summed E-state index contributed by atoms with van der Waals surface area (Å²) in [7, 11) is 0. The molecular weight excluding hydrogens is 260 g/mol. The van der Waals surface area contributed by atoms with Crippen molar-refractivity contribution in [3.8, 4) is 0 Å². The topological polar surface area (TPSA) is 41.1 Å². The van der Waals surface area contributed by atoms with Gasteiger partial charge in [-0.15, -0.1) is 0 Å². The number of rotatable bonds is 5. The number of nitrogens with one attached hydrogen (secondary N) is 1. The third-order valence-corrected chi connectivity index (χ3v) is 4.06. The van der Waals surface area contributed by atoms with Gasteiger partial charge in [-0.1, -0.05) is 6.07 Å². The van der Waals surface area contributed by atoms with Crippen molar-refractivity contribution in [3.05, 3.63) is 60.2 Å². The van der Waals surface area contributed by atoms with Crippen molar-refractivity contribution in [1.82, 2.24) is 20.2 Å². The zero-order valence-corrected chi connectivity index (χ0v) is 12.3. The van der Waals surface area contributed by atoms with Crippen molar-refractivity contribution in [3.63, 3.8) is 0 Å². The van der Waals surface area contributed by atoms with Gasteiger partial charge in [-0.25, -0.2) is 0 Å². The number of piperidine rings is 1. The molecule has 0 aliphatic carbocycles. The summed E-state index contributed by atoms with van der Waals surface area (Å²) in [6.45, 7) is 4.28. The van der Waals surface area contributed by atoms with E-state index in [1.165, 1.54) is 24.0 Å². The average Bonchev–Trinajstić information content (AvgIpc) is 2.56. The van der Waals surface area contributed by atoms with E-state index in [4.69, 9.17) is 0 Å². The number of hydrogen-bond donors (Lipinski definition) is 1. The minimum atomic E-state index is 0.624. The summed E-state index contributed by atoms with van der Waals surface area (Å²) in [5.74, 6) is 0. The molecular formula is C17H22N4. The molecule has 0 aromatic carbocycles. The van der Waals surface area contributed by atoms with Crippen LogP contribution in [0, 0.1) is 0 Å². The third-order valence-electron chi connectivity index (χ3n) is 4.06. The molecule has 1 aliphatic rings. The largest absolute Gasteiger partial charge is 0.310 e. The molecule has 1 N–H and O–H groups in total. The molecule has 0 spiro atoms. The molecule has 1 aliphatic heterocycles. The van der Waals surface area contributed by atoms with Crippen LogP contribution in [0.25, 0.3) is 0 Å². The lowest BCUT2D eigenvalue weighted by molar-refractivity contribution is 0.190. The monoisotopic (exact) mass is 282 g/mol. The summed E-state index contributed by atoms with van der Waals surface area (Å²) < 4.78 is 0. The maximum Gasteiger partial charge on any atom is 0.0312 e. The zero-order valence-electron chi connectivity index (χ0n) is 12.3. The minimum absolute atomic E-state index is 0.624. The van der Waals surface area contributed by atoms with Crippen molar-refractivity contribution in [2.24, 2.45) is 0 Å². The fraction of sp³-hybridized carbons (Fsp3) is 0.412. The van der Waals surface area contributed by atoms with Crippen molar-refractivity contribution in [1.29, 1.82) is 0 Å². The van der Waals surface area contributed by atoms with Crippen LogP contribution in [0.15, 0.2) is 49.1 Å². The van der Waals surface area contributed by atoms with Crippen LogP contribution in [0.1, 0.15) is 24.0 Å². The second-order valence-corrected chi connectivity index (χ2v) is 5.65. The number of hydrogen-bond acceptors (Lipinski definition) is 4. The molecule has 0 radical (unpaired) electrons. The van der Waals surface area contributed by atoms with Gasteiger partial charge in [-0.05, 0) is 55.3 Å². The highest BCUT2D eigenvalue weighted by Crippen LogP contribution is 2.14. The fourth-order valence-electron chi connectivity index (χ4n) is 2.81. The molecule has 4 heteroatoms. The van der Waals surface area contributed by atoms with Gasteiger partial charge in [0, 0.05) is 43.9 Å². The van der Waals surface area contributed by atoms with E-state index in [-0.39, 0.29) is 0 Å². The zero-order chi connectivity index (χ0) is 14.3. The van der Waals surface area contributed by atoms with Crippen LogP contribution < -0.4 is 5.32 Å². The minimum Gasteiger partial charge on any atom is -0.310 e. The lowest BCUT2D eigenvalue weighted by Gasteiger charge is -2.32. The second-order valence-electron chi connectivity index (χ2n) is 5.65. The van der Waals surface area contributed by atoms with Crippen LogP contribution in [0.4, 0.5) is 0 Å². The maximum atomic E-state index is 4.15. The Labute approximate surface area is 126 Å². The van der Waals surface area contributed by atoms with Gasteiger partial charge in [0.1, 0.15) is 0 Å². The molecule has 2 aromatic heterocycles. The lowest BCUT2D eigenvalue weighted by Crippen LogP contribution is -2.41. The van der Waals surface area contributed by atoms with Crippen LogP contribution >= 0.6 is 0 Å². The Morgan fingerprint density at radius 3 is 2.52 bits per heavy atom. The SMILES string of the molecule is c1cncc(CNC2CCN(Cc3ccncc3)CC2)c1. The highest BCUT2D eigenvalue weighted by Gasteiger charge is 2.18. The van der Waals surface area contributed by atoms with E-state index in [2.05, 4.69) is 38.4 Å². The standard InChI is InChI=1S/C17H22N4/c1-2-16(12-19-7-1)13-20-17-5-10-21(11-6-17)14-15-3-8-18-9-4-15/h1-4,7-9,12,17,20H,5-6,10-11,13-14H2. The molecule has 0 unspecified atom stereocenters. The molecule has 0 amide bonds. The summed E-state index contributed by atoms with van der Waals surface area (Å²) in [5.41, 5.74) is 2.61. The molecule has 1 saturated heterocycles. The van der Waals surface area contributed by atoms with Gasteiger partial charge in [0.25, 0.3) is 0 Å². The number of nitrogens with zero attached hydrogens (tertiary/aromatic N) is 3. The number of aromatic nitrogens is 2. The van der Waals surface area contributed by atoms with Gasteiger partial charge in [0.2, 0.25) is 0 Å². The summed E-state index contributed by atoms with van der Waals surface area (Å²) in [4.78, 5) is 10.7. The van der Waals surface area contributed by atoms with Crippen LogP contribution in [-0.2, 0) is 13.1 Å². The first-order valence-corrected chi connectivity index (χ1v) is 7.64. The molecule has 0 atom stereocenters. The van der Waals surface area contributed by atoms with Crippen molar-refractivity contribution >= 4 is 0 Å².